The van der Waals surface area contributed by atoms with E-state index < -0.39 is 17.4 Å². The molecule has 6 nitrogen and oxygen atoms in total. The fourth-order valence-electron chi connectivity index (χ4n) is 2.68. The van der Waals surface area contributed by atoms with Crippen LogP contribution in [-0.2, 0) is 15.1 Å². The Kier molecular flexibility index (Phi) is 6.60. The molecule has 26 heavy (non-hydrogen) atoms. The molecule has 2 aromatic carbocycles. The van der Waals surface area contributed by atoms with Crippen LogP contribution in [0.25, 0.3) is 0 Å². The largest absolute Gasteiger partial charge is 0.490 e. The van der Waals surface area contributed by atoms with E-state index in [2.05, 4.69) is 5.32 Å². The Hall–Kier alpha value is -3.02. The van der Waals surface area contributed by atoms with E-state index in [4.69, 9.17) is 9.47 Å². The monoisotopic (exact) mass is 357 g/mol. The molecule has 0 aromatic heterocycles. The highest BCUT2D eigenvalue weighted by atomic mass is 16.5. The van der Waals surface area contributed by atoms with Crippen molar-refractivity contribution in [3.63, 3.8) is 0 Å². The summed E-state index contributed by atoms with van der Waals surface area (Å²) in [6.45, 7) is 3.73. The molecule has 1 amide bonds. The first-order valence-corrected chi connectivity index (χ1v) is 8.48. The molecule has 1 atom stereocenters. The second-order valence-corrected chi connectivity index (χ2v) is 5.65. The zero-order chi connectivity index (χ0) is 19.0. The molecule has 0 saturated carbocycles. The topological polar surface area (TPSA) is 84.9 Å². The molecule has 0 aliphatic rings. The average molecular weight is 357 g/mol. The van der Waals surface area contributed by atoms with Gasteiger partial charge < -0.3 is 19.9 Å². The number of carboxylic acid groups (broad SMARTS) is 1. The molecule has 0 bridgehead atoms. The van der Waals surface area contributed by atoms with Crippen molar-refractivity contribution in [2.24, 2.45) is 0 Å². The quantitative estimate of drug-likeness (QED) is 0.721. The van der Waals surface area contributed by atoms with Crippen molar-refractivity contribution in [2.45, 2.75) is 25.8 Å². The second kappa shape index (κ2) is 8.89. The van der Waals surface area contributed by atoms with Gasteiger partial charge in [0.15, 0.2) is 23.6 Å². The van der Waals surface area contributed by atoms with Crippen molar-refractivity contribution in [2.75, 3.05) is 13.2 Å². The summed E-state index contributed by atoms with van der Waals surface area (Å²) in [5.74, 6) is -0.675. The Morgan fingerprint density at radius 2 is 1.54 bits per heavy atom. The fraction of sp³-hybridized carbons (Fsp3) is 0.300. The normalized spacial score (nSPS) is 12.7. The zero-order valence-corrected chi connectivity index (χ0v) is 14.9. The highest BCUT2D eigenvalue weighted by Crippen LogP contribution is 2.27. The molecular weight excluding hydrogens is 334 g/mol. The third-order valence-electron chi connectivity index (χ3n) is 4.02. The number of para-hydroxylation sites is 2. The van der Waals surface area contributed by atoms with E-state index in [0.29, 0.717) is 23.7 Å². The lowest BCUT2D eigenvalue weighted by molar-refractivity contribution is -0.148. The molecule has 0 spiro atoms. The predicted molar refractivity (Wildman–Crippen MR) is 97.3 cm³/mol. The number of rotatable bonds is 9. The molecule has 1 unspecified atom stereocenters. The van der Waals surface area contributed by atoms with Gasteiger partial charge in [-0.3, -0.25) is 4.79 Å². The molecule has 2 aromatic rings. The molecular formula is C20H23NO5. The Labute approximate surface area is 152 Å². The third kappa shape index (κ3) is 4.33. The first kappa shape index (κ1) is 19.3. The standard InChI is InChI=1S/C20H23NO5/c1-3-20(19(23)24,15-10-6-5-7-11-15)21-18(22)14-26-17-13-9-8-12-16(17)25-4-2/h5-13H,3-4,14H2,1-2H3,(H,21,22)(H,23,24). The van der Waals surface area contributed by atoms with E-state index in [9.17, 15) is 14.7 Å². The van der Waals surface area contributed by atoms with Crippen LogP contribution in [0.15, 0.2) is 54.6 Å². The van der Waals surface area contributed by atoms with E-state index in [0.717, 1.165) is 0 Å². The average Bonchev–Trinajstić information content (AvgIpc) is 2.66. The van der Waals surface area contributed by atoms with Crippen LogP contribution >= 0.6 is 0 Å². The number of carbonyl (C=O) groups is 2. The van der Waals surface area contributed by atoms with Gasteiger partial charge in [-0.05, 0) is 31.0 Å². The molecule has 2 rings (SSSR count). The lowest BCUT2D eigenvalue weighted by Gasteiger charge is -2.30. The fourth-order valence-corrected chi connectivity index (χ4v) is 2.68. The summed E-state index contributed by atoms with van der Waals surface area (Å²) in [6, 6.07) is 15.7. The van der Waals surface area contributed by atoms with Gasteiger partial charge in [-0.15, -0.1) is 0 Å². The van der Waals surface area contributed by atoms with Crippen molar-refractivity contribution in [3.05, 3.63) is 60.2 Å². The van der Waals surface area contributed by atoms with Crippen molar-refractivity contribution in [3.8, 4) is 11.5 Å². The second-order valence-electron chi connectivity index (χ2n) is 5.65. The van der Waals surface area contributed by atoms with E-state index in [1.165, 1.54) is 0 Å². The molecule has 0 heterocycles. The Bertz CT molecular complexity index is 747. The van der Waals surface area contributed by atoms with Crippen LogP contribution in [0.1, 0.15) is 25.8 Å². The Morgan fingerprint density at radius 3 is 2.08 bits per heavy atom. The summed E-state index contributed by atoms with van der Waals surface area (Å²) in [5.41, 5.74) is -0.987. The van der Waals surface area contributed by atoms with E-state index >= 15 is 0 Å². The number of nitrogens with one attached hydrogen (secondary N) is 1. The maximum Gasteiger partial charge on any atom is 0.334 e. The van der Waals surface area contributed by atoms with Gasteiger partial charge in [-0.1, -0.05) is 49.4 Å². The number of carbonyl (C=O) groups excluding carboxylic acids is 1. The number of benzene rings is 2. The van der Waals surface area contributed by atoms with Crippen LogP contribution in [0.4, 0.5) is 0 Å². The lowest BCUT2D eigenvalue weighted by atomic mass is 9.87. The number of aliphatic carboxylic acids is 1. The molecule has 6 heteroatoms. The van der Waals surface area contributed by atoms with Crippen LogP contribution < -0.4 is 14.8 Å². The summed E-state index contributed by atoms with van der Waals surface area (Å²) >= 11 is 0. The van der Waals surface area contributed by atoms with Crippen molar-refractivity contribution >= 4 is 11.9 Å². The molecule has 2 N–H and O–H groups in total. The highest BCUT2D eigenvalue weighted by molar-refractivity contribution is 5.88. The number of hydrogen-bond donors (Lipinski definition) is 2. The van der Waals surface area contributed by atoms with Crippen LogP contribution in [0, 0.1) is 0 Å². The van der Waals surface area contributed by atoms with Gasteiger partial charge in [0.25, 0.3) is 5.91 Å². The first-order valence-electron chi connectivity index (χ1n) is 8.48. The van der Waals surface area contributed by atoms with Gasteiger partial charge in [0.1, 0.15) is 0 Å². The van der Waals surface area contributed by atoms with Crippen LogP contribution in [0.2, 0.25) is 0 Å². The minimum Gasteiger partial charge on any atom is -0.490 e. The number of ether oxygens (including phenoxy) is 2. The number of amides is 1. The maximum absolute atomic E-state index is 12.4. The number of hydrogen-bond acceptors (Lipinski definition) is 4. The molecule has 0 radical (unpaired) electrons. The van der Waals surface area contributed by atoms with Crippen LogP contribution in [-0.4, -0.2) is 30.2 Å². The summed E-state index contributed by atoms with van der Waals surface area (Å²) in [7, 11) is 0. The lowest BCUT2D eigenvalue weighted by Crippen LogP contribution is -2.52. The van der Waals surface area contributed by atoms with E-state index in [1.807, 2.05) is 6.92 Å². The SMILES string of the molecule is CCOc1ccccc1OCC(=O)NC(CC)(C(=O)O)c1ccccc1. The molecule has 138 valence electrons. The van der Waals surface area contributed by atoms with Crippen molar-refractivity contribution < 1.29 is 24.2 Å². The third-order valence-corrected chi connectivity index (χ3v) is 4.02. The minimum atomic E-state index is -1.50. The zero-order valence-electron chi connectivity index (χ0n) is 14.9. The number of carboxylic acids is 1. The first-order chi connectivity index (χ1) is 12.5. The smallest absolute Gasteiger partial charge is 0.334 e. The van der Waals surface area contributed by atoms with Gasteiger partial charge in [0.2, 0.25) is 0 Å². The van der Waals surface area contributed by atoms with Crippen LogP contribution in [0.5, 0.6) is 11.5 Å². The van der Waals surface area contributed by atoms with Gasteiger partial charge in [-0.2, -0.15) is 0 Å². The molecule has 0 aliphatic heterocycles. The summed E-state index contributed by atoms with van der Waals surface area (Å²) < 4.78 is 11.0. The maximum atomic E-state index is 12.4. The van der Waals surface area contributed by atoms with Crippen molar-refractivity contribution in [1.29, 1.82) is 0 Å². The van der Waals surface area contributed by atoms with Gasteiger partial charge in [0, 0.05) is 0 Å². The minimum absolute atomic E-state index is 0.202. The van der Waals surface area contributed by atoms with Gasteiger partial charge in [-0.25, -0.2) is 4.79 Å². The summed E-state index contributed by atoms with van der Waals surface area (Å²) in [5, 5.41) is 12.4. The molecule has 0 saturated heterocycles. The Morgan fingerprint density at radius 1 is 0.962 bits per heavy atom. The van der Waals surface area contributed by atoms with E-state index in [-0.39, 0.29) is 13.0 Å². The Balaban J connectivity index is 2.13. The molecule has 0 aliphatic carbocycles. The summed E-state index contributed by atoms with van der Waals surface area (Å²) in [6.07, 6.45) is 0.202. The highest BCUT2D eigenvalue weighted by Gasteiger charge is 2.40. The predicted octanol–water partition coefficient (Wildman–Crippen LogP) is 2.97. The van der Waals surface area contributed by atoms with Gasteiger partial charge in [0.05, 0.1) is 6.61 Å². The molecule has 0 fully saturated rings. The summed E-state index contributed by atoms with van der Waals surface area (Å²) in [4.78, 5) is 24.3. The van der Waals surface area contributed by atoms with Gasteiger partial charge >= 0.3 is 5.97 Å². The van der Waals surface area contributed by atoms with E-state index in [1.54, 1.807) is 61.5 Å². The van der Waals surface area contributed by atoms with Crippen LogP contribution in [0.3, 0.4) is 0 Å². The van der Waals surface area contributed by atoms with Crippen molar-refractivity contribution in [1.82, 2.24) is 5.32 Å².